The van der Waals surface area contributed by atoms with Crippen molar-refractivity contribution in [3.8, 4) is 22.8 Å². The molecule has 49 heavy (non-hydrogen) atoms. The van der Waals surface area contributed by atoms with Crippen LogP contribution in [0.15, 0.2) is 60.8 Å². The van der Waals surface area contributed by atoms with Crippen molar-refractivity contribution in [1.82, 2.24) is 20.6 Å². The van der Waals surface area contributed by atoms with Crippen molar-refractivity contribution in [2.75, 3.05) is 19.7 Å². The normalized spacial score (nSPS) is 18.7. The van der Waals surface area contributed by atoms with Gasteiger partial charge in [0, 0.05) is 28.3 Å². The lowest BCUT2D eigenvalue weighted by Crippen LogP contribution is -2.54. The fourth-order valence-electron chi connectivity index (χ4n) is 5.44. The molecule has 0 bridgehead atoms. The van der Waals surface area contributed by atoms with Crippen LogP contribution >= 0.6 is 0 Å². The van der Waals surface area contributed by atoms with Crippen LogP contribution in [0.1, 0.15) is 62.2 Å². The molecule has 2 aromatic carbocycles. The van der Waals surface area contributed by atoms with Crippen LogP contribution in [0.4, 0.5) is 13.2 Å². The smallest absolute Gasteiger partial charge is 0.292 e. The molecule has 1 saturated carbocycles. The maximum Gasteiger partial charge on any atom is 0.292 e. The molecule has 0 saturated heterocycles. The number of nitrogens with one attached hydrogen (secondary N) is 2. The number of ether oxygens (including phenoxy) is 2. The number of aliphatic hydroxyl groups is 2. The van der Waals surface area contributed by atoms with Crippen LogP contribution in [0.25, 0.3) is 22.2 Å². The van der Waals surface area contributed by atoms with Gasteiger partial charge in [-0.1, -0.05) is 6.07 Å². The second kappa shape index (κ2) is 12.3. The van der Waals surface area contributed by atoms with Crippen molar-refractivity contribution < 1.29 is 42.4 Å². The molecular weight excluding hydrogens is 641 g/mol. The van der Waals surface area contributed by atoms with Crippen molar-refractivity contribution in [1.29, 1.82) is 0 Å². The number of hydrogen-bond acceptors (Lipinski definition) is 8. The molecule has 3 heterocycles. The van der Waals surface area contributed by atoms with Gasteiger partial charge >= 0.3 is 0 Å². The summed E-state index contributed by atoms with van der Waals surface area (Å²) < 4.78 is 54.9. The number of benzene rings is 2. The fraction of sp³-hybridized carbons (Fsp3) is 0.389. The molecule has 0 radical (unpaired) electrons. The topological polar surface area (TPSA) is 143 Å². The first-order chi connectivity index (χ1) is 23.0. The highest BCUT2D eigenvalue weighted by Crippen LogP contribution is 2.46. The summed E-state index contributed by atoms with van der Waals surface area (Å²) in [5.74, 6) is -4.79. The van der Waals surface area contributed by atoms with Gasteiger partial charge in [-0.15, -0.1) is 0 Å². The Labute approximate surface area is 280 Å². The summed E-state index contributed by atoms with van der Waals surface area (Å²) in [6, 6.07) is 13.7. The molecule has 2 atom stereocenters. The average Bonchev–Trinajstić information content (AvgIpc) is 3.81. The van der Waals surface area contributed by atoms with Crippen LogP contribution in [0, 0.1) is 5.82 Å². The minimum Gasteiger partial charge on any atom is -0.489 e. The van der Waals surface area contributed by atoms with Gasteiger partial charge in [-0.3, -0.25) is 14.6 Å². The highest BCUT2D eigenvalue weighted by Gasteiger charge is 2.49. The number of fused-ring (bicyclic) bond motifs is 2. The zero-order valence-electron chi connectivity index (χ0n) is 27.4. The van der Waals surface area contributed by atoms with E-state index in [1.807, 2.05) is 6.07 Å². The van der Waals surface area contributed by atoms with Gasteiger partial charge < -0.3 is 30.3 Å². The predicted octanol–water partition coefficient (Wildman–Crippen LogP) is 4.79. The molecule has 1 fully saturated rings. The van der Waals surface area contributed by atoms with E-state index in [1.165, 1.54) is 44.2 Å². The van der Waals surface area contributed by atoms with Crippen molar-refractivity contribution in [3.05, 3.63) is 83.4 Å². The van der Waals surface area contributed by atoms with Gasteiger partial charge in [0.25, 0.3) is 11.8 Å². The molecule has 2 amide bonds. The lowest BCUT2D eigenvalue weighted by molar-refractivity contribution is -0.161. The second-order valence-electron chi connectivity index (χ2n) is 13.6. The van der Waals surface area contributed by atoms with E-state index in [0.29, 0.717) is 27.8 Å². The Balaban J connectivity index is 1.31. The maximum absolute atomic E-state index is 14.6. The second-order valence-corrected chi connectivity index (χ2v) is 13.6. The summed E-state index contributed by atoms with van der Waals surface area (Å²) >= 11 is 0. The molecule has 13 heteroatoms. The minimum absolute atomic E-state index is 0.0395. The number of alkyl halides is 2. The quantitative estimate of drug-likeness (QED) is 0.178. The van der Waals surface area contributed by atoms with Crippen LogP contribution < -0.4 is 20.1 Å². The first-order valence-electron chi connectivity index (χ1n) is 15.9. The number of pyridine rings is 2. The molecule has 10 nitrogen and oxygen atoms in total. The SMILES string of the molecule is CC(C)(O)C(F)(F)CNC(=O)[C@@]1(C)COc2c1cc([C@@](C)(O)CNC(=O)c1cc(OC3CC3)c3ncccc3c1)nc2-c1ccc(F)cc1. The number of aromatic nitrogens is 2. The third kappa shape index (κ3) is 6.77. The Kier molecular flexibility index (Phi) is 8.56. The first-order valence-corrected chi connectivity index (χ1v) is 15.9. The summed E-state index contributed by atoms with van der Waals surface area (Å²) in [7, 11) is 0. The summed E-state index contributed by atoms with van der Waals surface area (Å²) in [5.41, 5.74) is -3.93. The Morgan fingerprint density at radius 3 is 2.43 bits per heavy atom. The van der Waals surface area contributed by atoms with Gasteiger partial charge in [-0.2, -0.15) is 0 Å². The molecule has 258 valence electrons. The summed E-state index contributed by atoms with van der Waals surface area (Å²) in [4.78, 5) is 36.0. The molecule has 4 N–H and O–H groups in total. The van der Waals surface area contributed by atoms with Gasteiger partial charge in [0.2, 0.25) is 5.91 Å². The average molecular weight is 679 g/mol. The number of rotatable bonds is 11. The van der Waals surface area contributed by atoms with Gasteiger partial charge in [0.1, 0.15) is 51.8 Å². The van der Waals surface area contributed by atoms with E-state index < -0.39 is 46.7 Å². The first kappa shape index (κ1) is 34.1. The summed E-state index contributed by atoms with van der Waals surface area (Å²) in [6.07, 6.45) is 3.55. The number of halogens is 3. The van der Waals surface area contributed by atoms with Gasteiger partial charge in [-0.05, 0) is 89.1 Å². The Morgan fingerprint density at radius 1 is 1.04 bits per heavy atom. The molecule has 1 aliphatic heterocycles. The Bertz CT molecular complexity index is 1920. The molecule has 0 spiro atoms. The standard InChI is InChI=1S/C36H37F3N4O6/c1-33(2,46)36(38,39)18-42-32(45)34(3)19-48-30-25(34)16-27(43-29(30)20-7-9-23(37)10-8-20)35(4,47)17-41-31(44)22-14-21-6-5-13-40-28(21)26(15-22)49-24-11-12-24/h5-10,13-16,24,46-47H,11-12,17-19H2,1-4H3,(H,41,44)(H,42,45)/t34-,35-/m0/s1. The van der Waals surface area contributed by atoms with Crippen LogP contribution in [-0.2, 0) is 15.8 Å². The van der Waals surface area contributed by atoms with Crippen molar-refractivity contribution in [2.45, 2.75) is 69.2 Å². The summed E-state index contributed by atoms with van der Waals surface area (Å²) in [5, 5.41) is 27.3. The van der Waals surface area contributed by atoms with Gasteiger partial charge in [0.05, 0.1) is 24.9 Å². The van der Waals surface area contributed by atoms with E-state index in [9.17, 15) is 33.0 Å². The largest absolute Gasteiger partial charge is 0.489 e. The number of amides is 2. The minimum atomic E-state index is -3.64. The third-order valence-electron chi connectivity index (χ3n) is 8.95. The monoisotopic (exact) mass is 678 g/mol. The van der Waals surface area contributed by atoms with Crippen LogP contribution in [-0.4, -0.2) is 69.3 Å². The Morgan fingerprint density at radius 2 is 1.76 bits per heavy atom. The van der Waals surface area contributed by atoms with Crippen LogP contribution in [0.3, 0.4) is 0 Å². The zero-order valence-corrected chi connectivity index (χ0v) is 27.4. The molecule has 6 rings (SSSR count). The highest BCUT2D eigenvalue weighted by atomic mass is 19.3. The van der Waals surface area contributed by atoms with E-state index in [4.69, 9.17) is 9.47 Å². The highest BCUT2D eigenvalue weighted by molar-refractivity contribution is 6.00. The molecule has 2 aromatic heterocycles. The van der Waals surface area contributed by atoms with E-state index in [0.717, 1.165) is 26.7 Å². The third-order valence-corrected chi connectivity index (χ3v) is 8.95. The molecule has 4 aromatic rings. The number of hydrogen-bond donors (Lipinski definition) is 4. The molecule has 1 aliphatic carbocycles. The zero-order chi connectivity index (χ0) is 35.4. The van der Waals surface area contributed by atoms with Gasteiger partial charge in [-0.25, -0.2) is 18.2 Å². The van der Waals surface area contributed by atoms with E-state index >= 15 is 0 Å². The van der Waals surface area contributed by atoms with E-state index in [-0.39, 0.29) is 42.0 Å². The van der Waals surface area contributed by atoms with Gasteiger partial charge in [0.15, 0.2) is 0 Å². The van der Waals surface area contributed by atoms with Crippen molar-refractivity contribution in [3.63, 3.8) is 0 Å². The van der Waals surface area contributed by atoms with E-state index in [2.05, 4.69) is 20.6 Å². The Hall–Kier alpha value is -4.75. The number of nitrogens with zero attached hydrogens (tertiary/aromatic N) is 2. The van der Waals surface area contributed by atoms with Crippen LogP contribution in [0.2, 0.25) is 0 Å². The summed E-state index contributed by atoms with van der Waals surface area (Å²) in [6.45, 7) is 3.13. The van der Waals surface area contributed by atoms with E-state index in [1.54, 1.807) is 24.4 Å². The number of carbonyl (C=O) groups excluding carboxylic acids is 2. The molecular formula is C36H37F3N4O6. The van der Waals surface area contributed by atoms with Crippen molar-refractivity contribution >= 4 is 22.7 Å². The van der Waals surface area contributed by atoms with Crippen LogP contribution in [0.5, 0.6) is 11.5 Å². The van der Waals surface area contributed by atoms with Crippen molar-refractivity contribution in [2.24, 2.45) is 0 Å². The predicted molar refractivity (Wildman–Crippen MR) is 174 cm³/mol. The lowest BCUT2D eigenvalue weighted by Gasteiger charge is -2.31. The fourth-order valence-corrected chi connectivity index (χ4v) is 5.44. The molecule has 0 unspecified atom stereocenters. The maximum atomic E-state index is 14.6. The number of carbonyl (C=O) groups is 2. The lowest BCUT2D eigenvalue weighted by atomic mass is 9.81. The molecule has 2 aliphatic rings.